The van der Waals surface area contributed by atoms with E-state index in [9.17, 15) is 14.4 Å². The van der Waals surface area contributed by atoms with Crippen molar-refractivity contribution in [2.45, 2.75) is 71.8 Å². The smallest absolute Gasteiger partial charge is 0.303 e. The van der Waals surface area contributed by atoms with E-state index in [1.807, 2.05) is 6.08 Å². The topological polar surface area (TPSA) is 60.4 Å². The summed E-state index contributed by atoms with van der Waals surface area (Å²) >= 11 is 0. The molecule has 6 atom stereocenters. The lowest BCUT2D eigenvalue weighted by Gasteiger charge is -2.54. The maximum absolute atomic E-state index is 12.7. The maximum atomic E-state index is 12.7. The standard InChI is InChI=1S/C23H30O4/c1-13-11-20-18(17-6-5-16(26)12-19(13)17)7-9-22(4)21(20)8-10-23(22,14(2)24)27-15(3)25/h11-12,17-18,20-21H,5-10H2,1-4H3/t17-,18+,20+,21+,22-,23-/m0/s1. The van der Waals surface area contributed by atoms with Crippen LogP contribution in [0.5, 0.6) is 0 Å². The van der Waals surface area contributed by atoms with E-state index in [4.69, 9.17) is 4.74 Å². The van der Waals surface area contributed by atoms with Gasteiger partial charge in [0, 0.05) is 18.8 Å². The quantitative estimate of drug-likeness (QED) is 0.684. The van der Waals surface area contributed by atoms with Gasteiger partial charge in [-0.2, -0.15) is 0 Å². The Bertz CT molecular complexity index is 775. The fraction of sp³-hybridized carbons (Fsp3) is 0.696. The number of fused-ring (bicyclic) bond motifs is 5. The van der Waals surface area contributed by atoms with Crippen LogP contribution in [0.25, 0.3) is 0 Å². The van der Waals surface area contributed by atoms with Crippen molar-refractivity contribution in [3.63, 3.8) is 0 Å². The van der Waals surface area contributed by atoms with Crippen LogP contribution in [0.1, 0.15) is 66.2 Å². The summed E-state index contributed by atoms with van der Waals surface area (Å²) in [6.45, 7) is 7.29. The molecule has 4 rings (SSSR count). The third kappa shape index (κ3) is 2.51. The lowest BCUT2D eigenvalue weighted by atomic mass is 9.51. The molecule has 0 aliphatic heterocycles. The number of ether oxygens (including phenoxy) is 1. The van der Waals surface area contributed by atoms with E-state index < -0.39 is 5.60 Å². The summed E-state index contributed by atoms with van der Waals surface area (Å²) in [7, 11) is 0. The molecule has 4 nitrogen and oxygen atoms in total. The molecule has 27 heavy (non-hydrogen) atoms. The molecule has 2 fully saturated rings. The van der Waals surface area contributed by atoms with E-state index in [-0.39, 0.29) is 23.0 Å². The number of hydrogen-bond acceptors (Lipinski definition) is 4. The van der Waals surface area contributed by atoms with E-state index in [1.165, 1.54) is 18.1 Å². The second-order valence-corrected chi connectivity index (χ2v) is 9.38. The highest BCUT2D eigenvalue weighted by atomic mass is 16.6. The third-order valence-electron chi connectivity index (χ3n) is 8.22. The predicted octanol–water partition coefficient (Wildman–Crippen LogP) is 4.19. The van der Waals surface area contributed by atoms with Crippen molar-refractivity contribution in [1.29, 1.82) is 0 Å². The summed E-state index contributed by atoms with van der Waals surface area (Å²) in [5, 5.41) is 0. The first-order valence-electron chi connectivity index (χ1n) is 10.3. The van der Waals surface area contributed by atoms with Crippen LogP contribution in [-0.4, -0.2) is 23.1 Å². The van der Waals surface area contributed by atoms with Crippen molar-refractivity contribution in [1.82, 2.24) is 0 Å². The molecular formula is C23H30O4. The van der Waals surface area contributed by atoms with Crippen LogP contribution in [0.3, 0.4) is 0 Å². The number of allylic oxidation sites excluding steroid dienone is 4. The van der Waals surface area contributed by atoms with Gasteiger partial charge >= 0.3 is 5.97 Å². The van der Waals surface area contributed by atoms with E-state index in [1.54, 1.807) is 6.92 Å². The van der Waals surface area contributed by atoms with Crippen LogP contribution in [0.4, 0.5) is 0 Å². The number of carbonyl (C=O) groups is 3. The Kier molecular flexibility index (Phi) is 4.25. The van der Waals surface area contributed by atoms with Gasteiger partial charge in [-0.1, -0.05) is 18.6 Å². The molecule has 0 bridgehead atoms. The molecule has 0 aromatic rings. The van der Waals surface area contributed by atoms with Crippen molar-refractivity contribution in [2.75, 3.05) is 0 Å². The van der Waals surface area contributed by atoms with Crippen molar-refractivity contribution in [3.05, 3.63) is 23.3 Å². The first-order chi connectivity index (χ1) is 12.7. The summed E-state index contributed by atoms with van der Waals surface area (Å²) in [6.07, 6.45) is 9.29. The highest BCUT2D eigenvalue weighted by Gasteiger charge is 2.66. The predicted molar refractivity (Wildman–Crippen MR) is 102 cm³/mol. The Hall–Kier alpha value is -1.71. The Morgan fingerprint density at radius 2 is 1.89 bits per heavy atom. The fourth-order valence-electron chi connectivity index (χ4n) is 7.04. The minimum Gasteiger partial charge on any atom is -0.451 e. The number of Topliss-reactive ketones (excluding diaryl/α,β-unsaturated/α-hetero) is 1. The van der Waals surface area contributed by atoms with Crippen LogP contribution in [0, 0.1) is 29.1 Å². The zero-order chi connectivity index (χ0) is 19.6. The number of hydrogen-bond donors (Lipinski definition) is 0. The molecule has 0 heterocycles. The van der Waals surface area contributed by atoms with Gasteiger partial charge in [0.1, 0.15) is 0 Å². The normalized spacial score (nSPS) is 43.0. The van der Waals surface area contributed by atoms with Crippen molar-refractivity contribution < 1.29 is 19.1 Å². The largest absolute Gasteiger partial charge is 0.451 e. The third-order valence-corrected chi connectivity index (χ3v) is 8.22. The Balaban J connectivity index is 1.75. The summed E-state index contributed by atoms with van der Waals surface area (Å²) in [5.41, 5.74) is 1.18. The van der Waals surface area contributed by atoms with Gasteiger partial charge in [0.2, 0.25) is 0 Å². The molecule has 4 aliphatic carbocycles. The van der Waals surface area contributed by atoms with Gasteiger partial charge in [-0.05, 0) is 81.3 Å². The first kappa shape index (κ1) is 18.6. The summed E-state index contributed by atoms with van der Waals surface area (Å²) in [4.78, 5) is 36.5. The van der Waals surface area contributed by atoms with Crippen LogP contribution in [0.15, 0.2) is 23.3 Å². The van der Waals surface area contributed by atoms with Gasteiger partial charge in [-0.3, -0.25) is 14.4 Å². The van der Waals surface area contributed by atoms with Gasteiger partial charge in [-0.15, -0.1) is 0 Å². The monoisotopic (exact) mass is 370 g/mol. The average Bonchev–Trinajstić information content (AvgIpc) is 2.89. The number of ketones is 2. The summed E-state index contributed by atoms with van der Waals surface area (Å²) < 4.78 is 5.79. The molecule has 4 heteroatoms. The molecule has 2 saturated carbocycles. The zero-order valence-corrected chi connectivity index (χ0v) is 16.8. The molecule has 0 radical (unpaired) electrons. The lowest BCUT2D eigenvalue weighted by Crippen LogP contribution is -2.57. The van der Waals surface area contributed by atoms with Crippen molar-refractivity contribution in [3.8, 4) is 0 Å². The molecule has 0 N–H and O–H groups in total. The molecule has 0 aromatic carbocycles. The summed E-state index contributed by atoms with van der Waals surface area (Å²) in [5.74, 6) is 1.61. The van der Waals surface area contributed by atoms with Crippen LogP contribution < -0.4 is 0 Å². The average molecular weight is 370 g/mol. The zero-order valence-electron chi connectivity index (χ0n) is 16.8. The lowest BCUT2D eigenvalue weighted by molar-refractivity contribution is -0.184. The van der Waals surface area contributed by atoms with Crippen LogP contribution in [0.2, 0.25) is 0 Å². The Morgan fingerprint density at radius 3 is 2.56 bits per heavy atom. The minimum absolute atomic E-state index is 0.0125. The highest BCUT2D eigenvalue weighted by Crippen LogP contribution is 2.65. The summed E-state index contributed by atoms with van der Waals surface area (Å²) in [6, 6.07) is 0. The van der Waals surface area contributed by atoms with Gasteiger partial charge in [0.05, 0.1) is 0 Å². The highest BCUT2D eigenvalue weighted by molar-refractivity contribution is 5.92. The number of carbonyl (C=O) groups excluding carboxylic acids is 3. The Morgan fingerprint density at radius 1 is 1.15 bits per heavy atom. The van der Waals surface area contributed by atoms with E-state index in [0.29, 0.717) is 36.5 Å². The van der Waals surface area contributed by atoms with E-state index in [2.05, 4.69) is 19.9 Å². The van der Waals surface area contributed by atoms with Gasteiger partial charge in [0.15, 0.2) is 17.2 Å². The minimum atomic E-state index is -0.977. The van der Waals surface area contributed by atoms with E-state index >= 15 is 0 Å². The molecule has 0 amide bonds. The molecule has 146 valence electrons. The number of esters is 1. The van der Waals surface area contributed by atoms with Crippen LogP contribution >= 0.6 is 0 Å². The van der Waals surface area contributed by atoms with Gasteiger partial charge < -0.3 is 4.74 Å². The van der Waals surface area contributed by atoms with Crippen molar-refractivity contribution in [2.24, 2.45) is 29.1 Å². The maximum Gasteiger partial charge on any atom is 0.303 e. The first-order valence-corrected chi connectivity index (χ1v) is 10.3. The Labute approximate surface area is 161 Å². The molecule has 0 spiro atoms. The molecule has 4 aliphatic rings. The molecular weight excluding hydrogens is 340 g/mol. The second-order valence-electron chi connectivity index (χ2n) is 9.38. The SMILES string of the molecule is CC(=O)O[C@]1(C(C)=O)CC[C@@H]2[C@@H]3C=C(C)C4=CC(=O)CC[C@H]4[C@H]3CC[C@@]21C. The molecule has 0 saturated heterocycles. The van der Waals surface area contributed by atoms with Crippen LogP contribution in [-0.2, 0) is 19.1 Å². The van der Waals surface area contributed by atoms with E-state index in [0.717, 1.165) is 25.7 Å². The van der Waals surface area contributed by atoms with Gasteiger partial charge in [-0.25, -0.2) is 0 Å². The van der Waals surface area contributed by atoms with Crippen molar-refractivity contribution >= 4 is 17.5 Å². The fourth-order valence-corrected chi connectivity index (χ4v) is 7.04. The van der Waals surface area contributed by atoms with Gasteiger partial charge in [0.25, 0.3) is 0 Å². The number of rotatable bonds is 2. The molecule has 0 unspecified atom stereocenters. The molecule has 0 aromatic heterocycles. The second kappa shape index (κ2) is 6.15.